The molecule has 0 spiro atoms. The lowest BCUT2D eigenvalue weighted by molar-refractivity contribution is 0.741. The number of hydrogen-bond acceptors (Lipinski definition) is 1. The van der Waals surface area contributed by atoms with Crippen LogP contribution in [-0.4, -0.2) is 0 Å². The fourth-order valence-electron chi connectivity index (χ4n) is 1.06. The first-order chi connectivity index (χ1) is 6.15. The van der Waals surface area contributed by atoms with Gasteiger partial charge < -0.3 is 5.73 Å². The largest absolute Gasteiger partial charge is 0.324 e. The molecule has 1 unspecified atom stereocenters. The zero-order valence-electron chi connectivity index (χ0n) is 7.13. The van der Waals surface area contributed by atoms with Gasteiger partial charge >= 0.3 is 0 Å². The van der Waals surface area contributed by atoms with E-state index < -0.39 is 0 Å². The summed E-state index contributed by atoms with van der Waals surface area (Å²) >= 11 is 5.73. The van der Waals surface area contributed by atoms with Crippen LogP contribution in [-0.2, 0) is 0 Å². The van der Waals surface area contributed by atoms with E-state index >= 15 is 0 Å². The Balaban J connectivity index is 2.89. The molecule has 3 heteroatoms. The van der Waals surface area contributed by atoms with E-state index in [-0.39, 0.29) is 6.04 Å². The second kappa shape index (κ2) is 5.12. The molecule has 13 heavy (non-hydrogen) atoms. The molecular weight excluding hydrogens is 341 g/mol. The van der Waals surface area contributed by atoms with E-state index in [1.54, 1.807) is 0 Å². The predicted octanol–water partition coefficient (Wildman–Crippen LogP) is 3.63. The number of halogens is 2. The van der Waals surface area contributed by atoms with Crippen molar-refractivity contribution in [3.8, 4) is 0 Å². The smallest absolute Gasteiger partial charge is 0.0330 e. The lowest BCUT2D eigenvalue weighted by Gasteiger charge is -2.10. The van der Waals surface area contributed by atoms with Crippen LogP contribution in [0.15, 0.2) is 35.3 Å². The third kappa shape index (κ3) is 3.07. The molecule has 0 bridgehead atoms. The molecule has 0 saturated heterocycles. The number of hydrogen-bond donors (Lipinski definition) is 1. The molecule has 1 nitrogen and oxygen atoms in total. The molecular formula is C10H11BrIN. The fraction of sp³-hybridized carbons (Fsp3) is 0.200. The van der Waals surface area contributed by atoms with E-state index in [0.717, 1.165) is 16.5 Å². The van der Waals surface area contributed by atoms with Crippen LogP contribution in [0.3, 0.4) is 0 Å². The minimum Gasteiger partial charge on any atom is -0.324 e. The van der Waals surface area contributed by atoms with Gasteiger partial charge in [-0.1, -0.05) is 12.1 Å². The van der Waals surface area contributed by atoms with Crippen LogP contribution in [0.4, 0.5) is 0 Å². The van der Waals surface area contributed by atoms with Crippen LogP contribution in [0.2, 0.25) is 0 Å². The highest BCUT2D eigenvalue weighted by molar-refractivity contribution is 14.1. The van der Waals surface area contributed by atoms with Gasteiger partial charge in [-0.2, -0.15) is 0 Å². The molecule has 0 aromatic heterocycles. The van der Waals surface area contributed by atoms with Gasteiger partial charge in [0.2, 0.25) is 0 Å². The summed E-state index contributed by atoms with van der Waals surface area (Å²) in [5, 5.41) is 0. The zero-order chi connectivity index (χ0) is 9.84. The molecule has 0 saturated carbocycles. The van der Waals surface area contributed by atoms with Gasteiger partial charge in [0, 0.05) is 14.1 Å². The standard InChI is InChI=1S/C10H11BrIN/c1-2-3-10(13)7-4-5-8(11)9(12)6-7/h2,4-6,10H,1,3,13H2. The summed E-state index contributed by atoms with van der Waals surface area (Å²) in [7, 11) is 0. The van der Waals surface area contributed by atoms with Gasteiger partial charge in [0.15, 0.2) is 0 Å². The van der Waals surface area contributed by atoms with E-state index in [9.17, 15) is 0 Å². The second-order valence-corrected chi connectivity index (χ2v) is 4.82. The summed E-state index contributed by atoms with van der Waals surface area (Å²) in [6.07, 6.45) is 2.66. The summed E-state index contributed by atoms with van der Waals surface area (Å²) in [4.78, 5) is 0. The molecule has 70 valence electrons. The van der Waals surface area contributed by atoms with Crippen LogP contribution in [0, 0.1) is 3.57 Å². The minimum atomic E-state index is 0.0686. The highest BCUT2D eigenvalue weighted by atomic mass is 127. The summed E-state index contributed by atoms with van der Waals surface area (Å²) in [6, 6.07) is 6.23. The summed E-state index contributed by atoms with van der Waals surface area (Å²) < 4.78 is 2.30. The number of benzene rings is 1. The molecule has 0 heterocycles. The Kier molecular flexibility index (Phi) is 4.41. The first-order valence-corrected chi connectivity index (χ1v) is 5.83. The quantitative estimate of drug-likeness (QED) is 0.653. The normalized spacial score (nSPS) is 12.5. The molecule has 2 N–H and O–H groups in total. The average molecular weight is 352 g/mol. The third-order valence-corrected chi connectivity index (χ3v) is 4.12. The molecule has 1 aromatic carbocycles. The van der Waals surface area contributed by atoms with E-state index in [0.29, 0.717) is 0 Å². The molecule has 1 atom stereocenters. The summed E-state index contributed by atoms with van der Waals surface area (Å²) in [5.41, 5.74) is 7.09. The molecule has 0 fully saturated rings. The van der Waals surface area contributed by atoms with E-state index in [2.05, 4.69) is 51.2 Å². The fourth-order valence-corrected chi connectivity index (χ4v) is 1.84. The van der Waals surface area contributed by atoms with Crippen molar-refractivity contribution >= 4 is 38.5 Å². The van der Waals surface area contributed by atoms with Crippen LogP contribution in [0.25, 0.3) is 0 Å². The summed E-state index contributed by atoms with van der Waals surface area (Å²) in [5.74, 6) is 0. The maximum Gasteiger partial charge on any atom is 0.0330 e. The van der Waals surface area contributed by atoms with Crippen LogP contribution in [0.1, 0.15) is 18.0 Å². The molecule has 0 amide bonds. The Morgan fingerprint density at radius 3 is 2.85 bits per heavy atom. The van der Waals surface area contributed by atoms with E-state index in [1.807, 2.05) is 18.2 Å². The Morgan fingerprint density at radius 1 is 1.62 bits per heavy atom. The van der Waals surface area contributed by atoms with Gasteiger partial charge in [-0.15, -0.1) is 6.58 Å². The SMILES string of the molecule is C=CCC(N)c1ccc(Br)c(I)c1. The minimum absolute atomic E-state index is 0.0686. The van der Waals surface area contributed by atoms with Gasteiger partial charge in [0.05, 0.1) is 0 Å². The summed E-state index contributed by atoms with van der Waals surface area (Å²) in [6.45, 7) is 3.68. The van der Waals surface area contributed by atoms with Gasteiger partial charge in [-0.05, 0) is 62.6 Å². The number of nitrogens with two attached hydrogens (primary N) is 1. The van der Waals surface area contributed by atoms with Crippen molar-refractivity contribution in [3.63, 3.8) is 0 Å². The Labute approximate surface area is 101 Å². The molecule has 0 aliphatic carbocycles. The van der Waals surface area contributed by atoms with Crippen molar-refractivity contribution < 1.29 is 0 Å². The van der Waals surface area contributed by atoms with Crippen molar-refractivity contribution in [1.82, 2.24) is 0 Å². The first-order valence-electron chi connectivity index (χ1n) is 3.96. The van der Waals surface area contributed by atoms with Crippen molar-refractivity contribution in [2.45, 2.75) is 12.5 Å². The molecule has 0 aliphatic rings. The Bertz CT molecular complexity index is 312. The lowest BCUT2D eigenvalue weighted by atomic mass is 10.1. The maximum atomic E-state index is 5.93. The molecule has 0 aliphatic heterocycles. The first kappa shape index (κ1) is 11.2. The number of rotatable bonds is 3. The Hall–Kier alpha value is 0.130. The van der Waals surface area contributed by atoms with Crippen LogP contribution >= 0.6 is 38.5 Å². The lowest BCUT2D eigenvalue weighted by Crippen LogP contribution is -2.08. The van der Waals surface area contributed by atoms with Gasteiger partial charge in [0.1, 0.15) is 0 Å². The van der Waals surface area contributed by atoms with Gasteiger partial charge in [0.25, 0.3) is 0 Å². The van der Waals surface area contributed by atoms with Crippen molar-refractivity contribution in [1.29, 1.82) is 0 Å². The van der Waals surface area contributed by atoms with Crippen LogP contribution in [0.5, 0.6) is 0 Å². The van der Waals surface area contributed by atoms with Gasteiger partial charge in [-0.3, -0.25) is 0 Å². The van der Waals surface area contributed by atoms with Crippen molar-refractivity contribution in [3.05, 3.63) is 44.5 Å². The third-order valence-electron chi connectivity index (χ3n) is 1.79. The predicted molar refractivity (Wildman–Crippen MR) is 68.6 cm³/mol. The average Bonchev–Trinajstić information content (AvgIpc) is 2.10. The Morgan fingerprint density at radius 2 is 2.31 bits per heavy atom. The monoisotopic (exact) mass is 351 g/mol. The highest BCUT2D eigenvalue weighted by Gasteiger charge is 2.05. The highest BCUT2D eigenvalue weighted by Crippen LogP contribution is 2.23. The second-order valence-electron chi connectivity index (χ2n) is 2.80. The van der Waals surface area contributed by atoms with Crippen LogP contribution < -0.4 is 5.73 Å². The molecule has 1 rings (SSSR count). The van der Waals surface area contributed by atoms with E-state index in [4.69, 9.17) is 5.73 Å². The van der Waals surface area contributed by atoms with Crippen molar-refractivity contribution in [2.75, 3.05) is 0 Å². The molecule has 1 aromatic rings. The maximum absolute atomic E-state index is 5.93. The topological polar surface area (TPSA) is 26.0 Å². The zero-order valence-corrected chi connectivity index (χ0v) is 10.9. The molecule has 0 radical (unpaired) electrons. The van der Waals surface area contributed by atoms with Gasteiger partial charge in [-0.25, -0.2) is 0 Å². The van der Waals surface area contributed by atoms with E-state index in [1.165, 1.54) is 3.57 Å². The van der Waals surface area contributed by atoms with Crippen molar-refractivity contribution in [2.24, 2.45) is 5.73 Å².